The highest BCUT2D eigenvalue weighted by atomic mass is 32.2. The molecule has 1 unspecified atom stereocenters. The van der Waals surface area contributed by atoms with Gasteiger partial charge in [0.2, 0.25) is 17.7 Å². The SMILES string of the molecule is CC[C@H](C)[C@@H]([C@@H](CC(=O)N1CCC[C@H]1[C@H](OC)[C@@H](C)C(=O)NS(=O)(=O)c1ccc(N)cc1)OC)N(C)C(=O)[C@@H](NC(O)[C@H](C(C)C)N(C)C)C(C)C. The zero-order chi connectivity index (χ0) is 39.7. The smallest absolute Gasteiger partial charge is 0.264 e. The zero-order valence-electron chi connectivity index (χ0n) is 33.3. The van der Waals surface area contributed by atoms with Crippen molar-refractivity contribution in [3.63, 3.8) is 0 Å². The Hall–Kier alpha value is -2.82. The van der Waals surface area contributed by atoms with Gasteiger partial charge in [0, 0.05) is 33.5 Å². The van der Waals surface area contributed by atoms with Crippen molar-refractivity contribution < 1.29 is 37.4 Å². The van der Waals surface area contributed by atoms with Crippen molar-refractivity contribution in [3.8, 4) is 0 Å². The molecule has 0 aliphatic carbocycles. The maximum atomic E-state index is 14.2. The first kappa shape index (κ1) is 45.3. The number of amides is 3. The van der Waals surface area contributed by atoms with E-state index in [2.05, 4.69) is 10.0 Å². The van der Waals surface area contributed by atoms with Crippen LogP contribution >= 0.6 is 0 Å². The van der Waals surface area contributed by atoms with E-state index in [1.54, 1.807) is 23.8 Å². The van der Waals surface area contributed by atoms with Crippen molar-refractivity contribution in [3.05, 3.63) is 24.3 Å². The number of anilines is 1. The number of nitrogens with one attached hydrogen (secondary N) is 2. The topological polar surface area (TPSA) is 184 Å². The van der Waals surface area contributed by atoms with Gasteiger partial charge in [-0.1, -0.05) is 54.9 Å². The Balaban J connectivity index is 2.29. The Labute approximate surface area is 312 Å². The van der Waals surface area contributed by atoms with Crippen LogP contribution in [0.25, 0.3) is 0 Å². The highest BCUT2D eigenvalue weighted by Crippen LogP contribution is 2.30. The van der Waals surface area contributed by atoms with Crippen molar-refractivity contribution in [2.24, 2.45) is 23.7 Å². The summed E-state index contributed by atoms with van der Waals surface area (Å²) in [5.74, 6) is -2.14. The van der Waals surface area contributed by atoms with Crippen molar-refractivity contribution in [2.45, 2.75) is 122 Å². The van der Waals surface area contributed by atoms with Gasteiger partial charge in [0.05, 0.1) is 53.6 Å². The number of carbonyl (C=O) groups is 3. The quantitative estimate of drug-likeness (QED) is 0.113. The fraction of sp³-hybridized carbons (Fsp3) is 0.757. The molecule has 1 aliphatic rings. The summed E-state index contributed by atoms with van der Waals surface area (Å²) in [6, 6.07) is 3.65. The first-order chi connectivity index (χ1) is 24.2. The fourth-order valence-corrected chi connectivity index (χ4v) is 8.59. The summed E-state index contributed by atoms with van der Waals surface area (Å²) in [6.07, 6.45) is -0.472. The first-order valence-electron chi connectivity index (χ1n) is 18.4. The van der Waals surface area contributed by atoms with Gasteiger partial charge in [-0.15, -0.1) is 0 Å². The number of benzene rings is 1. The van der Waals surface area contributed by atoms with Gasteiger partial charge < -0.3 is 35.0 Å². The van der Waals surface area contributed by atoms with Gasteiger partial charge in [0.15, 0.2) is 0 Å². The molecule has 0 radical (unpaired) electrons. The van der Waals surface area contributed by atoms with Crippen LogP contribution in [0.1, 0.15) is 74.1 Å². The van der Waals surface area contributed by atoms with Gasteiger partial charge in [-0.25, -0.2) is 13.1 Å². The summed E-state index contributed by atoms with van der Waals surface area (Å²) in [4.78, 5) is 46.8. The number of nitrogens with two attached hydrogens (primary N) is 1. The third-order valence-corrected chi connectivity index (χ3v) is 11.9. The van der Waals surface area contributed by atoms with E-state index in [0.717, 1.165) is 6.42 Å². The molecule has 1 saturated heterocycles. The minimum absolute atomic E-state index is 0.0272. The molecule has 5 N–H and O–H groups in total. The van der Waals surface area contributed by atoms with E-state index in [9.17, 15) is 27.9 Å². The highest BCUT2D eigenvalue weighted by molar-refractivity contribution is 7.90. The molecule has 2 rings (SSSR count). The summed E-state index contributed by atoms with van der Waals surface area (Å²) in [6.45, 7) is 14.0. The van der Waals surface area contributed by atoms with Crippen LogP contribution in [0, 0.1) is 23.7 Å². The molecule has 3 amide bonds. The van der Waals surface area contributed by atoms with E-state index in [1.165, 1.54) is 38.5 Å². The maximum absolute atomic E-state index is 14.2. The minimum Gasteiger partial charge on any atom is -0.399 e. The van der Waals surface area contributed by atoms with Crippen LogP contribution in [-0.4, -0.2) is 130 Å². The van der Waals surface area contributed by atoms with Crippen molar-refractivity contribution in [2.75, 3.05) is 47.6 Å². The molecular formula is C37H66N6O8S. The summed E-state index contributed by atoms with van der Waals surface area (Å²) in [7, 11) is 4.34. The third kappa shape index (κ3) is 11.3. The second-order valence-electron chi connectivity index (χ2n) is 15.2. The molecule has 0 saturated carbocycles. The molecule has 14 nitrogen and oxygen atoms in total. The van der Waals surface area contributed by atoms with Crippen LogP contribution in [0.5, 0.6) is 0 Å². The molecule has 1 aromatic carbocycles. The number of nitrogens with zero attached hydrogens (tertiary/aromatic N) is 3. The Bertz CT molecular complexity index is 1400. The second-order valence-corrected chi connectivity index (χ2v) is 16.8. The third-order valence-electron chi connectivity index (χ3n) is 10.6. The average Bonchev–Trinajstić information content (AvgIpc) is 3.55. The van der Waals surface area contributed by atoms with Crippen LogP contribution in [0.2, 0.25) is 0 Å². The lowest BCUT2D eigenvalue weighted by atomic mass is 9.89. The number of ether oxygens (including phenoxy) is 2. The molecule has 1 aliphatic heterocycles. The molecule has 52 heavy (non-hydrogen) atoms. The van der Waals surface area contributed by atoms with Crippen LogP contribution in [0.4, 0.5) is 5.69 Å². The predicted octanol–water partition coefficient (Wildman–Crippen LogP) is 2.51. The highest BCUT2D eigenvalue weighted by Gasteiger charge is 2.43. The van der Waals surface area contributed by atoms with Crippen LogP contribution < -0.4 is 15.8 Å². The summed E-state index contributed by atoms with van der Waals surface area (Å²) in [5.41, 5.74) is 6.07. The summed E-state index contributed by atoms with van der Waals surface area (Å²) in [5, 5.41) is 14.4. The Morgan fingerprint density at radius 3 is 2.06 bits per heavy atom. The number of likely N-dealkylation sites (tertiary alicyclic amines) is 1. The first-order valence-corrected chi connectivity index (χ1v) is 19.9. The minimum atomic E-state index is -4.16. The molecule has 0 spiro atoms. The molecule has 9 atom stereocenters. The Morgan fingerprint density at radius 1 is 0.981 bits per heavy atom. The number of methoxy groups -OCH3 is 2. The normalized spacial score (nSPS) is 19.9. The molecule has 1 fully saturated rings. The lowest BCUT2D eigenvalue weighted by Crippen LogP contribution is -2.61. The zero-order valence-corrected chi connectivity index (χ0v) is 34.1. The van der Waals surface area contributed by atoms with E-state index < -0.39 is 58.4 Å². The number of aliphatic hydroxyl groups is 1. The van der Waals surface area contributed by atoms with Crippen molar-refractivity contribution in [1.82, 2.24) is 24.7 Å². The van der Waals surface area contributed by atoms with Crippen molar-refractivity contribution in [1.29, 1.82) is 0 Å². The largest absolute Gasteiger partial charge is 0.399 e. The van der Waals surface area contributed by atoms with E-state index in [1.807, 2.05) is 60.5 Å². The predicted molar refractivity (Wildman–Crippen MR) is 202 cm³/mol. The monoisotopic (exact) mass is 754 g/mol. The fourth-order valence-electron chi connectivity index (χ4n) is 7.53. The lowest BCUT2D eigenvalue weighted by Gasteiger charge is -2.42. The number of rotatable bonds is 20. The van der Waals surface area contributed by atoms with E-state index in [-0.39, 0.29) is 46.9 Å². The molecule has 0 bridgehead atoms. The van der Waals surface area contributed by atoms with Gasteiger partial charge in [0.25, 0.3) is 10.0 Å². The number of hydrogen-bond acceptors (Lipinski definition) is 11. The van der Waals surface area contributed by atoms with Gasteiger partial charge in [-0.2, -0.15) is 0 Å². The molecule has 15 heteroatoms. The number of sulfonamides is 1. The molecule has 1 heterocycles. The van der Waals surface area contributed by atoms with Gasteiger partial charge >= 0.3 is 0 Å². The number of nitrogen functional groups attached to an aromatic ring is 1. The number of aliphatic hydroxyl groups excluding tert-OH is 1. The average molecular weight is 755 g/mol. The van der Waals surface area contributed by atoms with Crippen LogP contribution in [0.3, 0.4) is 0 Å². The molecule has 1 aromatic rings. The van der Waals surface area contributed by atoms with Gasteiger partial charge in [-0.05, 0) is 69.0 Å². The van der Waals surface area contributed by atoms with Crippen LogP contribution in [0.15, 0.2) is 29.2 Å². The molecule has 0 aromatic heterocycles. The molecule has 298 valence electrons. The Morgan fingerprint density at radius 2 is 1.58 bits per heavy atom. The van der Waals surface area contributed by atoms with E-state index >= 15 is 0 Å². The lowest BCUT2D eigenvalue weighted by molar-refractivity contribution is -0.147. The Kier molecular flexibility index (Phi) is 17.5. The number of likely N-dealkylation sites (N-methyl/N-ethyl adjacent to an activating group) is 2. The van der Waals surface area contributed by atoms with Gasteiger partial charge in [-0.3, -0.25) is 19.7 Å². The maximum Gasteiger partial charge on any atom is 0.264 e. The van der Waals surface area contributed by atoms with E-state index in [4.69, 9.17) is 15.2 Å². The summed E-state index contributed by atoms with van der Waals surface area (Å²) >= 11 is 0. The van der Waals surface area contributed by atoms with Gasteiger partial charge in [0.1, 0.15) is 6.23 Å². The van der Waals surface area contributed by atoms with Crippen molar-refractivity contribution >= 4 is 33.4 Å². The van der Waals surface area contributed by atoms with Crippen LogP contribution in [-0.2, 0) is 33.9 Å². The molecular weight excluding hydrogens is 689 g/mol. The number of hydrogen-bond donors (Lipinski definition) is 4. The van der Waals surface area contributed by atoms with E-state index in [0.29, 0.717) is 25.1 Å². The number of carbonyl (C=O) groups excluding carboxylic acids is 3. The standard InChI is InChI=1S/C37H66N6O8S/c1-13-24(6)33(42(10)37(47)31(22(2)3)39-36(46)32(23(4)5)41(8)9)29(50-11)21-30(44)43-20-14-15-28(43)34(51-12)25(7)35(45)40-52(48,49)27-18-16-26(38)17-19-27/h16-19,22-25,28-29,31-34,36,39,46H,13-15,20-21,38H2,1-12H3,(H,40,45)/t24-,25+,28-,29+,31-,32-,33-,34+,36?/m0/s1. The summed E-state index contributed by atoms with van der Waals surface area (Å²) < 4.78 is 39.8. The second kappa shape index (κ2) is 20.0.